The van der Waals surface area contributed by atoms with Crippen molar-refractivity contribution in [2.24, 2.45) is 0 Å². The maximum Gasteiger partial charge on any atom is 0.432 e. The van der Waals surface area contributed by atoms with Crippen molar-refractivity contribution in [3.05, 3.63) is 11.8 Å². The van der Waals surface area contributed by atoms with E-state index in [1.807, 2.05) is 5.32 Å². The molecule has 13 heteroatoms. The molecule has 2 saturated heterocycles. The van der Waals surface area contributed by atoms with Crippen molar-refractivity contribution in [1.29, 1.82) is 0 Å². The minimum absolute atomic E-state index is 0.122. The van der Waals surface area contributed by atoms with Crippen LogP contribution in [0.5, 0.6) is 0 Å². The minimum Gasteiger partial charge on any atom is -0.394 e. The van der Waals surface area contributed by atoms with Crippen LogP contribution >= 0.6 is 0 Å². The molecule has 0 spiro atoms. The zero-order valence-electron chi connectivity index (χ0n) is 14.4. The molecule has 0 aromatic rings. The smallest absolute Gasteiger partial charge is 0.394 e. The van der Waals surface area contributed by atoms with E-state index in [9.17, 15) is 45.0 Å². The van der Waals surface area contributed by atoms with E-state index in [4.69, 9.17) is 9.47 Å². The van der Waals surface area contributed by atoms with Gasteiger partial charge in [0.15, 0.2) is 18.5 Å². The number of carbonyl (C=O) groups excluding carboxylic acids is 3. The van der Waals surface area contributed by atoms with Gasteiger partial charge in [-0.05, 0) is 0 Å². The second-order valence-corrected chi connectivity index (χ2v) is 6.75. The second kappa shape index (κ2) is 7.55. The van der Waals surface area contributed by atoms with E-state index < -0.39 is 84.3 Å². The van der Waals surface area contributed by atoms with Crippen molar-refractivity contribution in [2.75, 3.05) is 13.2 Å². The summed E-state index contributed by atoms with van der Waals surface area (Å²) in [5.74, 6) is -1.05. The first-order valence-corrected chi connectivity index (χ1v) is 8.39. The first kappa shape index (κ1) is 20.9. The lowest BCUT2D eigenvalue weighted by Crippen LogP contribution is -2.72. The Bertz CT molecular complexity index is 667. The van der Waals surface area contributed by atoms with Gasteiger partial charge in [-0.25, -0.2) is 10.1 Å². The third-order valence-electron chi connectivity index (χ3n) is 5.19. The highest BCUT2D eigenvalue weighted by Crippen LogP contribution is 2.40. The third-order valence-corrected chi connectivity index (χ3v) is 5.19. The summed E-state index contributed by atoms with van der Waals surface area (Å²) < 4.78 is 9.45. The van der Waals surface area contributed by atoms with Crippen molar-refractivity contribution >= 4 is 18.2 Å². The summed E-state index contributed by atoms with van der Waals surface area (Å²) in [6.45, 7) is -1.45. The van der Waals surface area contributed by atoms with Crippen LogP contribution < -0.4 is 5.32 Å². The van der Waals surface area contributed by atoms with E-state index in [0.717, 1.165) is 6.20 Å². The number of ether oxygens (including phenoxy) is 2. The number of hydrogen-bond acceptors (Lipinski definition) is 11. The molecule has 3 amide bonds. The fraction of sp³-hybridized carbons (Fsp3) is 0.667. The first-order chi connectivity index (χ1) is 13.2. The molecular formula is C15H21N2O11+. The molecule has 9 atom stereocenters. The minimum atomic E-state index is -1.80. The maximum atomic E-state index is 12.9. The number of aliphatic hydroxyl groups is 6. The molecule has 0 aromatic carbocycles. The summed E-state index contributed by atoms with van der Waals surface area (Å²) in [5.41, 5.74) is -0.560. The van der Waals surface area contributed by atoms with E-state index in [-0.39, 0.29) is 6.29 Å². The average molecular weight is 405 g/mol. The zero-order valence-corrected chi connectivity index (χ0v) is 14.4. The quantitative estimate of drug-likeness (QED) is 0.131. The Balaban J connectivity index is 2.16. The number of imide groups is 1. The van der Waals surface area contributed by atoms with Gasteiger partial charge in [-0.3, -0.25) is 9.59 Å². The Labute approximate surface area is 157 Å². The van der Waals surface area contributed by atoms with Gasteiger partial charge in [0.05, 0.1) is 13.2 Å². The number of aliphatic hydroxyl groups excluding tert-OH is 6. The summed E-state index contributed by atoms with van der Waals surface area (Å²) in [6, 6.07) is -1.18. The predicted molar refractivity (Wildman–Crippen MR) is 83.5 cm³/mol. The van der Waals surface area contributed by atoms with Crippen LogP contribution in [0.4, 0.5) is 4.79 Å². The van der Waals surface area contributed by atoms with Gasteiger partial charge in [-0.15, -0.1) is 0 Å². The third kappa shape index (κ3) is 2.88. The number of carbonyl (C=O) groups is 3. The zero-order chi connectivity index (χ0) is 20.8. The van der Waals surface area contributed by atoms with Gasteiger partial charge < -0.3 is 40.1 Å². The molecule has 0 aliphatic carbocycles. The molecule has 3 aliphatic rings. The highest BCUT2D eigenvalue weighted by molar-refractivity contribution is 6.15. The molecule has 1 unspecified atom stereocenters. The van der Waals surface area contributed by atoms with Gasteiger partial charge in [0.1, 0.15) is 36.2 Å². The van der Waals surface area contributed by atoms with Gasteiger partial charge in [-0.1, -0.05) is 0 Å². The number of nitrogens with one attached hydrogen (secondary N) is 1. The molecule has 3 rings (SSSR count). The summed E-state index contributed by atoms with van der Waals surface area (Å²) in [7, 11) is 0. The summed E-state index contributed by atoms with van der Waals surface area (Å²) in [4.78, 5) is 36.0. The number of aldehydes is 1. The van der Waals surface area contributed by atoms with Crippen LogP contribution in [-0.2, 0) is 19.1 Å². The summed E-state index contributed by atoms with van der Waals surface area (Å²) >= 11 is 0. The van der Waals surface area contributed by atoms with E-state index in [2.05, 4.69) is 0 Å². The fourth-order valence-electron chi connectivity index (χ4n) is 3.69. The lowest BCUT2D eigenvalue weighted by Gasteiger charge is -2.43. The highest BCUT2D eigenvalue weighted by Gasteiger charge is 2.67. The largest absolute Gasteiger partial charge is 0.432 e. The fourth-order valence-corrected chi connectivity index (χ4v) is 3.69. The molecule has 156 valence electrons. The van der Waals surface area contributed by atoms with Crippen LogP contribution in [0.15, 0.2) is 11.8 Å². The number of urea groups is 1. The second-order valence-electron chi connectivity index (χ2n) is 6.75. The Morgan fingerprint density at radius 1 is 0.929 bits per heavy atom. The van der Waals surface area contributed by atoms with E-state index in [1.165, 1.54) is 0 Å². The normalized spacial score (nSPS) is 46.4. The van der Waals surface area contributed by atoms with Crippen molar-refractivity contribution in [1.82, 2.24) is 5.32 Å². The molecule has 2 fully saturated rings. The Morgan fingerprint density at radius 2 is 1.39 bits per heavy atom. The van der Waals surface area contributed by atoms with E-state index in [0.29, 0.717) is 0 Å². The number of hydrogen-bond donors (Lipinski definition) is 7. The van der Waals surface area contributed by atoms with Crippen molar-refractivity contribution in [3.8, 4) is 0 Å². The van der Waals surface area contributed by atoms with Crippen molar-refractivity contribution in [2.45, 2.75) is 49.1 Å². The van der Waals surface area contributed by atoms with Gasteiger partial charge in [0.2, 0.25) is 12.5 Å². The van der Waals surface area contributed by atoms with Crippen molar-refractivity contribution in [3.63, 3.8) is 0 Å². The number of nitrogens with zero attached hydrogens (tertiary/aromatic N) is 1. The Morgan fingerprint density at radius 3 is 1.75 bits per heavy atom. The van der Waals surface area contributed by atoms with Crippen LogP contribution in [0, 0.1) is 0 Å². The summed E-state index contributed by atoms with van der Waals surface area (Å²) in [5, 5.41) is 61.5. The van der Waals surface area contributed by atoms with Crippen molar-refractivity contribution < 1.29 is 59.0 Å². The van der Waals surface area contributed by atoms with E-state index in [1.54, 1.807) is 0 Å². The van der Waals surface area contributed by atoms with Crippen LogP contribution in [0.3, 0.4) is 0 Å². The van der Waals surface area contributed by atoms with Gasteiger partial charge in [-0.2, -0.15) is 4.48 Å². The molecule has 0 bridgehead atoms. The van der Waals surface area contributed by atoms with Gasteiger partial charge in [0, 0.05) is 0 Å². The lowest BCUT2D eigenvalue weighted by atomic mass is 10.0. The molecular weight excluding hydrogens is 384 g/mol. The molecule has 7 N–H and O–H groups in total. The Hall–Kier alpha value is -1.81. The summed E-state index contributed by atoms with van der Waals surface area (Å²) in [6.07, 6.45) is -12.1. The van der Waals surface area contributed by atoms with Crippen LogP contribution in [0.25, 0.3) is 0 Å². The molecule has 3 aliphatic heterocycles. The average Bonchev–Trinajstić information content (AvgIpc) is 3.13. The molecule has 0 radical (unpaired) electrons. The van der Waals surface area contributed by atoms with Crippen LogP contribution in [-0.4, -0.2) is 116 Å². The van der Waals surface area contributed by atoms with Crippen LogP contribution in [0.1, 0.15) is 0 Å². The number of amides is 3. The molecule has 28 heavy (non-hydrogen) atoms. The maximum absolute atomic E-state index is 12.9. The lowest BCUT2D eigenvalue weighted by molar-refractivity contribution is -0.904. The monoisotopic (exact) mass is 405 g/mol. The standard InChI is InChI=1S/C15H20N2O11/c18-2-5-1-17(15(26)16-12(5)25,13-10(23)8(21)6(3-19)27-13)14-11(24)9(22)7(4-20)28-14/h1-2,6-11,13-14,19-24H,3-4H2/p+1/t6-,7-,8-,9-,10-,11+,13-,14-,17?/m1/s1. The molecule has 0 saturated carbocycles. The first-order valence-electron chi connectivity index (χ1n) is 8.39. The van der Waals surface area contributed by atoms with Crippen LogP contribution in [0.2, 0.25) is 0 Å². The van der Waals surface area contributed by atoms with E-state index >= 15 is 0 Å². The van der Waals surface area contributed by atoms with Gasteiger partial charge >= 0.3 is 6.03 Å². The topological polar surface area (TPSA) is 203 Å². The highest BCUT2D eigenvalue weighted by atomic mass is 16.6. The predicted octanol–water partition coefficient (Wildman–Crippen LogP) is -4.99. The molecule has 0 aromatic heterocycles. The number of rotatable bonds is 5. The number of quaternary nitrogens is 1. The van der Waals surface area contributed by atoms with Gasteiger partial charge in [0.25, 0.3) is 5.91 Å². The Kier molecular flexibility index (Phi) is 5.64. The molecule has 3 heterocycles. The SMILES string of the molecule is O=CC1=C[N+]([C@@H]2O[C@H](CO)[C@@H](O)[C@H]2O)([C@@H]2O[C@H](CO)[C@@H](O)[C@@H]2O)C(=O)NC1=O. The molecule has 13 nitrogen and oxygen atoms in total.